The van der Waals surface area contributed by atoms with Crippen LogP contribution in [0.1, 0.15) is 24.7 Å². The van der Waals surface area contributed by atoms with Gasteiger partial charge in [0.1, 0.15) is 5.82 Å². The number of aromatic nitrogens is 2. The lowest BCUT2D eigenvalue weighted by Gasteiger charge is -2.25. The molecular formula is C9H16N4. The molecule has 4 nitrogen and oxygen atoms in total. The molecule has 1 atom stereocenters. The number of piperidine rings is 1. The molecule has 4 heteroatoms. The van der Waals surface area contributed by atoms with Crippen LogP contribution in [-0.4, -0.2) is 22.6 Å². The monoisotopic (exact) mass is 180 g/mol. The van der Waals surface area contributed by atoms with E-state index < -0.39 is 0 Å². The Balaban J connectivity index is 2.13. The van der Waals surface area contributed by atoms with Gasteiger partial charge in [0, 0.05) is 25.0 Å². The van der Waals surface area contributed by atoms with Crippen molar-refractivity contribution in [3.8, 4) is 0 Å². The van der Waals surface area contributed by atoms with Crippen molar-refractivity contribution < 1.29 is 0 Å². The first-order chi connectivity index (χ1) is 6.42. The number of nitrogens with two attached hydrogens (primary N) is 1. The van der Waals surface area contributed by atoms with Crippen molar-refractivity contribution in [2.75, 3.05) is 13.1 Å². The van der Waals surface area contributed by atoms with E-state index in [1.807, 2.05) is 12.4 Å². The number of nitrogens with zero attached hydrogens (tertiary/aromatic N) is 2. The predicted octanol–water partition coefficient (Wildman–Crippen LogP) is 0.266. The molecule has 0 spiro atoms. The van der Waals surface area contributed by atoms with Crippen LogP contribution in [0, 0.1) is 0 Å². The minimum atomic E-state index is 0.531. The van der Waals surface area contributed by atoms with Crippen LogP contribution in [0.5, 0.6) is 0 Å². The molecule has 1 aromatic heterocycles. The normalized spacial score (nSPS) is 23.3. The predicted molar refractivity (Wildman–Crippen MR) is 51.3 cm³/mol. The van der Waals surface area contributed by atoms with Crippen LogP contribution in [-0.2, 0) is 6.54 Å². The molecule has 1 aliphatic heterocycles. The topological polar surface area (TPSA) is 55.9 Å². The van der Waals surface area contributed by atoms with E-state index in [0.29, 0.717) is 12.6 Å². The fourth-order valence-corrected chi connectivity index (χ4v) is 1.91. The van der Waals surface area contributed by atoms with Gasteiger partial charge in [-0.05, 0) is 19.4 Å². The summed E-state index contributed by atoms with van der Waals surface area (Å²) in [5, 5.41) is 3.38. The molecule has 0 bridgehead atoms. The number of hydrogen-bond donors (Lipinski definition) is 2. The van der Waals surface area contributed by atoms with Crippen molar-refractivity contribution >= 4 is 0 Å². The zero-order valence-electron chi connectivity index (χ0n) is 7.74. The largest absolute Gasteiger partial charge is 0.330 e. The van der Waals surface area contributed by atoms with E-state index >= 15 is 0 Å². The molecule has 0 saturated carbocycles. The first kappa shape index (κ1) is 8.72. The SMILES string of the molecule is NCc1nccn1C1CCCNC1. The average molecular weight is 180 g/mol. The summed E-state index contributed by atoms with van der Waals surface area (Å²) in [6.45, 7) is 2.72. The fourth-order valence-electron chi connectivity index (χ4n) is 1.91. The highest BCUT2D eigenvalue weighted by Gasteiger charge is 2.16. The van der Waals surface area contributed by atoms with E-state index in [4.69, 9.17) is 5.73 Å². The van der Waals surface area contributed by atoms with Gasteiger partial charge in [0.25, 0.3) is 0 Å². The van der Waals surface area contributed by atoms with Crippen molar-refractivity contribution in [3.05, 3.63) is 18.2 Å². The second kappa shape index (κ2) is 3.89. The van der Waals surface area contributed by atoms with E-state index in [1.165, 1.54) is 12.8 Å². The molecule has 0 aliphatic carbocycles. The van der Waals surface area contributed by atoms with Gasteiger partial charge >= 0.3 is 0 Å². The zero-order valence-corrected chi connectivity index (χ0v) is 7.74. The Morgan fingerprint density at radius 2 is 2.62 bits per heavy atom. The molecule has 13 heavy (non-hydrogen) atoms. The fraction of sp³-hybridized carbons (Fsp3) is 0.667. The molecule has 1 aromatic rings. The number of nitrogens with one attached hydrogen (secondary N) is 1. The van der Waals surface area contributed by atoms with E-state index in [2.05, 4.69) is 14.9 Å². The summed E-state index contributed by atoms with van der Waals surface area (Å²) < 4.78 is 2.20. The van der Waals surface area contributed by atoms with Crippen molar-refractivity contribution in [3.63, 3.8) is 0 Å². The molecule has 1 saturated heterocycles. The van der Waals surface area contributed by atoms with Gasteiger partial charge in [-0.25, -0.2) is 4.98 Å². The molecule has 72 valence electrons. The number of hydrogen-bond acceptors (Lipinski definition) is 3. The van der Waals surface area contributed by atoms with Crippen LogP contribution >= 0.6 is 0 Å². The van der Waals surface area contributed by atoms with Crippen molar-refractivity contribution in [2.45, 2.75) is 25.4 Å². The Kier molecular flexibility index (Phi) is 2.61. The van der Waals surface area contributed by atoms with E-state index in [0.717, 1.165) is 18.9 Å². The molecule has 3 N–H and O–H groups in total. The highest BCUT2D eigenvalue weighted by Crippen LogP contribution is 2.17. The molecule has 1 unspecified atom stereocenters. The molecule has 0 aromatic carbocycles. The minimum absolute atomic E-state index is 0.531. The third kappa shape index (κ3) is 1.73. The Hall–Kier alpha value is -0.870. The summed E-state index contributed by atoms with van der Waals surface area (Å²) in [6.07, 6.45) is 6.33. The molecule has 1 aliphatic rings. The van der Waals surface area contributed by atoms with Gasteiger partial charge in [-0.15, -0.1) is 0 Å². The van der Waals surface area contributed by atoms with Gasteiger partial charge in [-0.2, -0.15) is 0 Å². The molecule has 0 radical (unpaired) electrons. The molecule has 2 heterocycles. The average Bonchev–Trinajstić information content (AvgIpc) is 2.67. The Morgan fingerprint density at radius 1 is 1.69 bits per heavy atom. The summed E-state index contributed by atoms with van der Waals surface area (Å²) in [7, 11) is 0. The van der Waals surface area contributed by atoms with Gasteiger partial charge in [0.05, 0.1) is 6.54 Å². The van der Waals surface area contributed by atoms with Crippen molar-refractivity contribution in [1.29, 1.82) is 0 Å². The first-order valence-corrected chi connectivity index (χ1v) is 4.84. The van der Waals surface area contributed by atoms with Crippen molar-refractivity contribution in [2.24, 2.45) is 5.73 Å². The second-order valence-electron chi connectivity index (χ2n) is 3.46. The van der Waals surface area contributed by atoms with Gasteiger partial charge in [-0.1, -0.05) is 0 Å². The standard InChI is InChI=1S/C9H16N4/c10-6-9-12-4-5-13(9)8-2-1-3-11-7-8/h4-5,8,11H,1-3,6-7,10H2. The van der Waals surface area contributed by atoms with E-state index in [-0.39, 0.29) is 0 Å². The lowest BCUT2D eigenvalue weighted by Crippen LogP contribution is -2.32. The number of rotatable bonds is 2. The molecule has 2 rings (SSSR count). The first-order valence-electron chi connectivity index (χ1n) is 4.84. The third-order valence-corrected chi connectivity index (χ3v) is 2.60. The smallest absolute Gasteiger partial charge is 0.122 e. The Bertz CT molecular complexity index is 262. The molecule has 1 fully saturated rings. The Labute approximate surface area is 78.1 Å². The van der Waals surface area contributed by atoms with Gasteiger partial charge in [0.2, 0.25) is 0 Å². The third-order valence-electron chi connectivity index (χ3n) is 2.60. The van der Waals surface area contributed by atoms with Crippen LogP contribution in [0.2, 0.25) is 0 Å². The van der Waals surface area contributed by atoms with Crippen LogP contribution in [0.25, 0.3) is 0 Å². The highest BCUT2D eigenvalue weighted by atomic mass is 15.1. The number of imidazole rings is 1. The maximum atomic E-state index is 5.60. The minimum Gasteiger partial charge on any atom is -0.330 e. The van der Waals surface area contributed by atoms with Crippen molar-refractivity contribution in [1.82, 2.24) is 14.9 Å². The van der Waals surface area contributed by atoms with Gasteiger partial charge < -0.3 is 15.6 Å². The van der Waals surface area contributed by atoms with Gasteiger partial charge in [-0.3, -0.25) is 0 Å². The lowest BCUT2D eigenvalue weighted by atomic mass is 10.1. The van der Waals surface area contributed by atoms with Crippen LogP contribution in [0.3, 0.4) is 0 Å². The second-order valence-corrected chi connectivity index (χ2v) is 3.46. The lowest BCUT2D eigenvalue weighted by molar-refractivity contribution is 0.363. The maximum Gasteiger partial charge on any atom is 0.122 e. The molecule has 0 amide bonds. The highest BCUT2D eigenvalue weighted by molar-refractivity contribution is 4.95. The van der Waals surface area contributed by atoms with Crippen LogP contribution < -0.4 is 11.1 Å². The summed E-state index contributed by atoms with van der Waals surface area (Å²) in [5.41, 5.74) is 5.60. The Morgan fingerprint density at radius 3 is 3.31 bits per heavy atom. The van der Waals surface area contributed by atoms with Crippen LogP contribution in [0.15, 0.2) is 12.4 Å². The summed E-state index contributed by atoms with van der Waals surface area (Å²) in [5.74, 6) is 0.994. The summed E-state index contributed by atoms with van der Waals surface area (Å²) >= 11 is 0. The summed E-state index contributed by atoms with van der Waals surface area (Å²) in [6, 6.07) is 0.551. The van der Waals surface area contributed by atoms with E-state index in [1.54, 1.807) is 0 Å². The molecular weight excluding hydrogens is 164 g/mol. The summed E-state index contributed by atoms with van der Waals surface area (Å²) in [4.78, 5) is 4.22. The van der Waals surface area contributed by atoms with E-state index in [9.17, 15) is 0 Å². The van der Waals surface area contributed by atoms with Gasteiger partial charge in [0.15, 0.2) is 0 Å². The maximum absolute atomic E-state index is 5.60. The quantitative estimate of drug-likeness (QED) is 0.686. The van der Waals surface area contributed by atoms with Crippen LogP contribution in [0.4, 0.5) is 0 Å². The zero-order chi connectivity index (χ0) is 9.10.